The molecule has 1 heterocycles. The third kappa shape index (κ3) is 4.04. The summed E-state index contributed by atoms with van der Waals surface area (Å²) in [7, 11) is 0. The SMILES string of the molecule is Cc1cnn(-c2ccc(NC(=O)Cc3ccccc3F)cc2S(=O)O)c1. The molecule has 3 rings (SSSR count). The van der Waals surface area contributed by atoms with Crippen LogP contribution in [0.5, 0.6) is 0 Å². The van der Waals surface area contributed by atoms with Gasteiger partial charge < -0.3 is 9.87 Å². The Kier molecular flexibility index (Phi) is 5.24. The Labute approximate surface area is 152 Å². The highest BCUT2D eigenvalue weighted by Gasteiger charge is 2.14. The molecule has 0 aliphatic carbocycles. The zero-order valence-electron chi connectivity index (χ0n) is 13.8. The molecule has 8 heteroatoms. The van der Waals surface area contributed by atoms with E-state index in [1.807, 2.05) is 6.92 Å². The van der Waals surface area contributed by atoms with Crippen molar-refractivity contribution in [1.82, 2.24) is 9.78 Å². The largest absolute Gasteiger partial charge is 0.326 e. The first-order valence-electron chi connectivity index (χ1n) is 7.74. The fourth-order valence-electron chi connectivity index (χ4n) is 2.49. The molecule has 2 N–H and O–H groups in total. The van der Waals surface area contributed by atoms with Gasteiger partial charge in [-0.1, -0.05) is 18.2 Å². The van der Waals surface area contributed by atoms with Gasteiger partial charge in [0, 0.05) is 11.9 Å². The molecule has 26 heavy (non-hydrogen) atoms. The molecule has 1 atom stereocenters. The lowest BCUT2D eigenvalue weighted by Gasteiger charge is -2.11. The van der Waals surface area contributed by atoms with Crippen molar-refractivity contribution < 1.29 is 17.9 Å². The summed E-state index contributed by atoms with van der Waals surface area (Å²) in [6.45, 7) is 1.86. The van der Waals surface area contributed by atoms with Gasteiger partial charge in [-0.15, -0.1) is 0 Å². The van der Waals surface area contributed by atoms with Gasteiger partial charge in [0.05, 0.1) is 23.2 Å². The molecule has 2 aromatic carbocycles. The molecule has 1 amide bonds. The summed E-state index contributed by atoms with van der Waals surface area (Å²) >= 11 is -2.27. The van der Waals surface area contributed by atoms with Crippen LogP contribution >= 0.6 is 0 Å². The molecule has 0 fully saturated rings. The summed E-state index contributed by atoms with van der Waals surface area (Å²) in [4.78, 5) is 12.2. The topological polar surface area (TPSA) is 84.2 Å². The Bertz CT molecular complexity index is 987. The minimum Gasteiger partial charge on any atom is -0.326 e. The van der Waals surface area contributed by atoms with Crippen LogP contribution in [-0.2, 0) is 22.3 Å². The first-order valence-corrected chi connectivity index (χ1v) is 8.84. The lowest BCUT2D eigenvalue weighted by atomic mass is 10.1. The Hall–Kier alpha value is -2.84. The zero-order chi connectivity index (χ0) is 18.7. The quantitative estimate of drug-likeness (QED) is 0.673. The van der Waals surface area contributed by atoms with Crippen molar-refractivity contribution in [3.63, 3.8) is 0 Å². The standard InChI is InChI=1S/C18H16FN3O3S/c1-12-10-20-22(11-12)16-7-6-14(9-17(16)26(24)25)21-18(23)8-13-4-2-3-5-15(13)19/h2-7,9-11H,8H2,1H3,(H,21,23)(H,24,25). The number of aryl methyl sites for hydroxylation is 1. The minimum absolute atomic E-state index is 0.108. The molecular formula is C18H16FN3O3S. The van der Waals surface area contributed by atoms with Crippen LogP contribution in [0.3, 0.4) is 0 Å². The Morgan fingerprint density at radius 3 is 2.73 bits per heavy atom. The van der Waals surface area contributed by atoms with Crippen LogP contribution in [0.1, 0.15) is 11.1 Å². The van der Waals surface area contributed by atoms with Crippen LogP contribution in [0.2, 0.25) is 0 Å². The molecule has 0 radical (unpaired) electrons. The van der Waals surface area contributed by atoms with Gasteiger partial charge in [-0.2, -0.15) is 5.10 Å². The molecule has 0 spiro atoms. The second-order valence-electron chi connectivity index (χ2n) is 5.71. The van der Waals surface area contributed by atoms with Crippen LogP contribution in [0.15, 0.2) is 59.8 Å². The van der Waals surface area contributed by atoms with Gasteiger partial charge in [0.2, 0.25) is 5.91 Å². The fourth-order valence-corrected chi connectivity index (χ4v) is 3.05. The number of hydrogen-bond acceptors (Lipinski definition) is 3. The molecule has 0 aliphatic heterocycles. The molecule has 1 aromatic heterocycles. The summed E-state index contributed by atoms with van der Waals surface area (Å²) in [6, 6.07) is 10.6. The molecule has 0 saturated carbocycles. The first kappa shape index (κ1) is 18.0. The lowest BCUT2D eigenvalue weighted by molar-refractivity contribution is -0.115. The fraction of sp³-hybridized carbons (Fsp3) is 0.111. The van der Waals surface area contributed by atoms with Crippen LogP contribution in [0.4, 0.5) is 10.1 Å². The third-order valence-electron chi connectivity index (χ3n) is 3.70. The van der Waals surface area contributed by atoms with Gasteiger partial charge in [0.1, 0.15) is 5.82 Å². The van der Waals surface area contributed by atoms with Crippen LogP contribution < -0.4 is 5.32 Å². The molecule has 6 nitrogen and oxygen atoms in total. The van der Waals surface area contributed by atoms with Gasteiger partial charge in [-0.3, -0.25) is 4.79 Å². The highest BCUT2D eigenvalue weighted by Crippen LogP contribution is 2.22. The normalized spacial score (nSPS) is 12.0. The number of benzene rings is 2. The van der Waals surface area contributed by atoms with E-state index in [2.05, 4.69) is 10.4 Å². The van der Waals surface area contributed by atoms with E-state index in [9.17, 15) is 17.9 Å². The molecular weight excluding hydrogens is 357 g/mol. The molecule has 134 valence electrons. The number of anilines is 1. The zero-order valence-corrected chi connectivity index (χ0v) is 14.7. The summed E-state index contributed by atoms with van der Waals surface area (Å²) < 4.78 is 36.4. The monoisotopic (exact) mass is 373 g/mol. The maximum atomic E-state index is 13.6. The summed E-state index contributed by atoms with van der Waals surface area (Å²) in [5.41, 5.74) is 1.96. The van der Waals surface area contributed by atoms with E-state index in [0.29, 0.717) is 11.4 Å². The van der Waals surface area contributed by atoms with Crippen molar-refractivity contribution >= 4 is 22.7 Å². The van der Waals surface area contributed by atoms with Crippen molar-refractivity contribution in [2.75, 3.05) is 5.32 Å². The maximum Gasteiger partial charge on any atom is 0.228 e. The number of aromatic nitrogens is 2. The first-order chi connectivity index (χ1) is 12.4. The molecule has 3 aromatic rings. The van der Waals surface area contributed by atoms with E-state index in [0.717, 1.165) is 5.56 Å². The Morgan fingerprint density at radius 2 is 2.08 bits per heavy atom. The van der Waals surface area contributed by atoms with Gasteiger partial charge in [-0.25, -0.2) is 13.3 Å². The van der Waals surface area contributed by atoms with Gasteiger partial charge in [-0.05, 0) is 42.3 Å². The van der Waals surface area contributed by atoms with E-state index in [4.69, 9.17) is 0 Å². The highest BCUT2D eigenvalue weighted by atomic mass is 32.2. The lowest BCUT2D eigenvalue weighted by Crippen LogP contribution is -2.15. The second-order valence-corrected chi connectivity index (χ2v) is 6.65. The van der Waals surface area contributed by atoms with E-state index in [1.54, 1.807) is 36.7 Å². The molecule has 0 saturated heterocycles. The molecule has 0 bridgehead atoms. The van der Waals surface area contributed by atoms with Crippen molar-refractivity contribution in [1.29, 1.82) is 0 Å². The van der Waals surface area contributed by atoms with Crippen LogP contribution in [0.25, 0.3) is 5.69 Å². The summed E-state index contributed by atoms with van der Waals surface area (Å²) in [5.74, 6) is -0.878. The average molecular weight is 373 g/mol. The predicted octanol–water partition coefficient (Wildman–Crippen LogP) is 3.08. The maximum absolute atomic E-state index is 13.6. The smallest absolute Gasteiger partial charge is 0.228 e. The van der Waals surface area contributed by atoms with Crippen molar-refractivity contribution in [2.45, 2.75) is 18.2 Å². The number of carbonyl (C=O) groups excluding carboxylic acids is 1. The number of amides is 1. The van der Waals surface area contributed by atoms with Crippen LogP contribution in [-0.4, -0.2) is 24.4 Å². The highest BCUT2D eigenvalue weighted by molar-refractivity contribution is 7.79. The van der Waals surface area contributed by atoms with E-state index >= 15 is 0 Å². The van der Waals surface area contributed by atoms with Crippen molar-refractivity contribution in [2.24, 2.45) is 0 Å². The number of rotatable bonds is 5. The van der Waals surface area contributed by atoms with E-state index < -0.39 is 22.8 Å². The minimum atomic E-state index is -2.27. The van der Waals surface area contributed by atoms with E-state index in [1.165, 1.54) is 22.9 Å². The van der Waals surface area contributed by atoms with Crippen molar-refractivity contribution in [3.05, 3.63) is 71.8 Å². The summed E-state index contributed by atoms with van der Waals surface area (Å²) in [5, 5.41) is 6.74. The third-order valence-corrected chi connectivity index (χ3v) is 4.40. The molecule has 1 unspecified atom stereocenters. The number of nitrogens with one attached hydrogen (secondary N) is 1. The average Bonchev–Trinajstić information content (AvgIpc) is 3.03. The predicted molar refractivity (Wildman–Crippen MR) is 96.1 cm³/mol. The van der Waals surface area contributed by atoms with Gasteiger partial charge in [0.25, 0.3) is 0 Å². The van der Waals surface area contributed by atoms with Crippen molar-refractivity contribution in [3.8, 4) is 5.69 Å². The number of carbonyl (C=O) groups is 1. The number of nitrogens with zero attached hydrogens (tertiary/aromatic N) is 2. The number of halogens is 1. The van der Waals surface area contributed by atoms with E-state index in [-0.39, 0.29) is 16.9 Å². The van der Waals surface area contributed by atoms with Gasteiger partial charge in [0.15, 0.2) is 11.1 Å². The van der Waals surface area contributed by atoms with Crippen LogP contribution in [0, 0.1) is 12.7 Å². The molecule has 0 aliphatic rings. The Morgan fingerprint density at radius 1 is 1.31 bits per heavy atom. The number of hydrogen-bond donors (Lipinski definition) is 2. The Balaban J connectivity index is 1.82. The summed E-state index contributed by atoms with van der Waals surface area (Å²) in [6.07, 6.45) is 3.22. The van der Waals surface area contributed by atoms with Gasteiger partial charge >= 0.3 is 0 Å². The second kappa shape index (κ2) is 7.59.